The molecular formula is C20H18BrN3O4. The van der Waals surface area contributed by atoms with Crippen LogP contribution >= 0.6 is 15.9 Å². The maximum absolute atomic E-state index is 12.3. The number of amides is 2. The van der Waals surface area contributed by atoms with Crippen molar-refractivity contribution in [1.82, 2.24) is 10.3 Å². The van der Waals surface area contributed by atoms with Crippen molar-refractivity contribution in [3.05, 3.63) is 64.3 Å². The molecule has 0 saturated heterocycles. The molecule has 2 amide bonds. The fraction of sp³-hybridized carbons (Fsp3) is 0.150. The van der Waals surface area contributed by atoms with E-state index in [9.17, 15) is 14.4 Å². The van der Waals surface area contributed by atoms with E-state index in [1.54, 1.807) is 24.3 Å². The first-order chi connectivity index (χ1) is 13.5. The highest BCUT2D eigenvalue weighted by molar-refractivity contribution is 9.10. The summed E-state index contributed by atoms with van der Waals surface area (Å²) < 4.78 is 5.68. The zero-order valence-electron chi connectivity index (χ0n) is 15.0. The summed E-state index contributed by atoms with van der Waals surface area (Å²) >= 11 is 3.38. The summed E-state index contributed by atoms with van der Waals surface area (Å²) in [6.07, 6.45) is 0. The number of aromatic nitrogens is 1. The zero-order valence-corrected chi connectivity index (χ0v) is 16.6. The van der Waals surface area contributed by atoms with E-state index >= 15 is 0 Å². The smallest absolute Gasteiger partial charge is 0.356 e. The number of carbonyl (C=O) groups is 3. The molecule has 0 fully saturated rings. The van der Waals surface area contributed by atoms with E-state index in [0.29, 0.717) is 22.3 Å². The number of nitrogens with one attached hydrogen (secondary N) is 3. The Morgan fingerprint density at radius 2 is 1.89 bits per heavy atom. The van der Waals surface area contributed by atoms with Crippen molar-refractivity contribution < 1.29 is 19.1 Å². The minimum absolute atomic E-state index is 0.228. The Morgan fingerprint density at radius 3 is 2.64 bits per heavy atom. The quantitative estimate of drug-likeness (QED) is 0.507. The van der Waals surface area contributed by atoms with Crippen molar-refractivity contribution in [3.63, 3.8) is 0 Å². The molecule has 1 aromatic heterocycles. The Morgan fingerprint density at radius 1 is 1.11 bits per heavy atom. The first-order valence-corrected chi connectivity index (χ1v) is 9.40. The Kier molecular flexibility index (Phi) is 6.10. The first kappa shape index (κ1) is 19.6. The molecule has 1 heterocycles. The minimum Gasteiger partial charge on any atom is -0.451 e. The number of carbonyl (C=O) groups excluding carboxylic acids is 3. The highest BCUT2D eigenvalue weighted by Crippen LogP contribution is 2.28. The number of esters is 1. The molecule has 0 radical (unpaired) electrons. The molecule has 144 valence electrons. The third-order valence-electron chi connectivity index (χ3n) is 3.93. The number of hydrogen-bond acceptors (Lipinski definition) is 4. The van der Waals surface area contributed by atoms with E-state index < -0.39 is 18.5 Å². The molecule has 0 aliphatic heterocycles. The minimum atomic E-state index is -0.644. The molecule has 0 saturated carbocycles. The molecule has 28 heavy (non-hydrogen) atoms. The van der Waals surface area contributed by atoms with Crippen molar-refractivity contribution >= 4 is 50.3 Å². The van der Waals surface area contributed by atoms with Gasteiger partial charge in [-0.15, -0.1) is 0 Å². The number of aromatic amines is 1. The van der Waals surface area contributed by atoms with Crippen molar-refractivity contribution in [2.45, 2.75) is 6.92 Å². The molecule has 3 rings (SSSR count). The van der Waals surface area contributed by atoms with Gasteiger partial charge in [-0.05, 0) is 47.1 Å². The van der Waals surface area contributed by atoms with Gasteiger partial charge in [0.1, 0.15) is 5.69 Å². The van der Waals surface area contributed by atoms with Gasteiger partial charge in [0.2, 0.25) is 0 Å². The highest BCUT2D eigenvalue weighted by atomic mass is 79.9. The third-order valence-corrected chi connectivity index (χ3v) is 4.75. The van der Waals surface area contributed by atoms with Crippen LogP contribution in [0.3, 0.4) is 0 Å². The number of para-hydroxylation sites is 1. The van der Waals surface area contributed by atoms with E-state index in [2.05, 4.69) is 31.5 Å². The van der Waals surface area contributed by atoms with Gasteiger partial charge in [-0.2, -0.15) is 0 Å². The number of benzene rings is 2. The van der Waals surface area contributed by atoms with E-state index in [-0.39, 0.29) is 11.6 Å². The van der Waals surface area contributed by atoms with E-state index in [0.717, 1.165) is 10.9 Å². The molecule has 7 nitrogen and oxygen atoms in total. The van der Waals surface area contributed by atoms with Gasteiger partial charge in [-0.1, -0.05) is 24.3 Å². The van der Waals surface area contributed by atoms with Crippen LogP contribution in [0.4, 0.5) is 5.69 Å². The van der Waals surface area contributed by atoms with Gasteiger partial charge in [0.15, 0.2) is 6.61 Å². The summed E-state index contributed by atoms with van der Waals surface area (Å²) in [6, 6.07) is 13.9. The van der Waals surface area contributed by atoms with Crippen LogP contribution in [-0.2, 0) is 9.53 Å². The lowest BCUT2D eigenvalue weighted by Gasteiger charge is -2.08. The van der Waals surface area contributed by atoms with Gasteiger partial charge in [0.25, 0.3) is 11.8 Å². The van der Waals surface area contributed by atoms with Crippen LogP contribution in [0.2, 0.25) is 0 Å². The fourth-order valence-electron chi connectivity index (χ4n) is 2.65. The summed E-state index contributed by atoms with van der Waals surface area (Å²) in [4.78, 5) is 39.2. The zero-order chi connectivity index (χ0) is 20.1. The summed E-state index contributed by atoms with van der Waals surface area (Å²) in [5, 5.41) is 6.15. The average Bonchev–Trinajstić information content (AvgIpc) is 3.03. The molecule has 8 heteroatoms. The Labute approximate surface area is 169 Å². The molecule has 0 unspecified atom stereocenters. The van der Waals surface area contributed by atoms with Gasteiger partial charge in [0.05, 0.1) is 4.47 Å². The van der Waals surface area contributed by atoms with Crippen LogP contribution in [0.25, 0.3) is 10.9 Å². The standard InChI is InChI=1S/C20H18BrN3O4/c1-2-22-19(26)12-6-5-7-13(10-12)23-16(25)11-28-20(27)18-17(21)14-8-3-4-9-15(14)24-18/h3-10,24H,2,11H2,1H3,(H,22,26)(H,23,25). The predicted octanol–water partition coefficient (Wildman–Crippen LogP) is 3.48. The van der Waals surface area contributed by atoms with Crippen LogP contribution in [-0.4, -0.2) is 35.9 Å². The molecule has 3 N–H and O–H groups in total. The van der Waals surface area contributed by atoms with Gasteiger partial charge >= 0.3 is 5.97 Å². The lowest BCUT2D eigenvalue weighted by Crippen LogP contribution is -2.23. The number of fused-ring (bicyclic) bond motifs is 1. The lowest BCUT2D eigenvalue weighted by molar-refractivity contribution is -0.119. The van der Waals surface area contributed by atoms with Crippen LogP contribution < -0.4 is 10.6 Å². The summed E-state index contributed by atoms with van der Waals surface area (Å²) in [7, 11) is 0. The second kappa shape index (κ2) is 8.71. The number of halogens is 1. The number of rotatable bonds is 6. The van der Waals surface area contributed by atoms with Crippen LogP contribution in [0.5, 0.6) is 0 Å². The van der Waals surface area contributed by atoms with Gasteiger partial charge in [-0.25, -0.2) is 4.79 Å². The molecule has 0 atom stereocenters. The summed E-state index contributed by atoms with van der Waals surface area (Å²) in [5.41, 5.74) is 1.90. The average molecular weight is 444 g/mol. The molecule has 3 aromatic rings. The number of anilines is 1. The van der Waals surface area contributed by atoms with E-state index in [1.807, 2.05) is 31.2 Å². The Balaban J connectivity index is 1.61. The van der Waals surface area contributed by atoms with Crippen LogP contribution in [0.1, 0.15) is 27.8 Å². The fourth-order valence-corrected chi connectivity index (χ4v) is 3.26. The normalized spacial score (nSPS) is 10.5. The highest BCUT2D eigenvalue weighted by Gasteiger charge is 2.18. The third kappa shape index (κ3) is 4.40. The second-order valence-electron chi connectivity index (χ2n) is 5.92. The van der Waals surface area contributed by atoms with Crippen molar-refractivity contribution in [3.8, 4) is 0 Å². The monoisotopic (exact) mass is 443 g/mol. The first-order valence-electron chi connectivity index (χ1n) is 8.61. The number of hydrogen-bond donors (Lipinski definition) is 3. The summed E-state index contributed by atoms with van der Waals surface area (Å²) in [6.45, 7) is 1.88. The second-order valence-corrected chi connectivity index (χ2v) is 6.72. The Hall–Kier alpha value is -3.13. The molecule has 0 aliphatic rings. The largest absolute Gasteiger partial charge is 0.451 e. The van der Waals surface area contributed by atoms with Gasteiger partial charge in [0, 0.05) is 28.7 Å². The van der Waals surface area contributed by atoms with Crippen molar-refractivity contribution in [2.75, 3.05) is 18.5 Å². The molecule has 0 aliphatic carbocycles. The topological polar surface area (TPSA) is 100 Å². The summed E-state index contributed by atoms with van der Waals surface area (Å²) in [5.74, 6) is -1.38. The van der Waals surface area contributed by atoms with E-state index in [1.165, 1.54) is 0 Å². The van der Waals surface area contributed by atoms with Gasteiger partial charge in [-0.3, -0.25) is 9.59 Å². The van der Waals surface area contributed by atoms with Crippen molar-refractivity contribution in [2.24, 2.45) is 0 Å². The van der Waals surface area contributed by atoms with Crippen LogP contribution in [0, 0.1) is 0 Å². The number of H-pyrrole nitrogens is 1. The van der Waals surface area contributed by atoms with Gasteiger partial charge < -0.3 is 20.4 Å². The van der Waals surface area contributed by atoms with Crippen LogP contribution in [0.15, 0.2) is 53.0 Å². The maximum atomic E-state index is 12.3. The van der Waals surface area contributed by atoms with E-state index in [4.69, 9.17) is 4.74 Å². The Bertz CT molecular complexity index is 1040. The number of ether oxygens (including phenoxy) is 1. The molecular weight excluding hydrogens is 426 g/mol. The molecule has 2 aromatic carbocycles. The SMILES string of the molecule is CCNC(=O)c1cccc(NC(=O)COC(=O)c2[nH]c3ccccc3c2Br)c1. The maximum Gasteiger partial charge on any atom is 0.356 e. The predicted molar refractivity (Wildman–Crippen MR) is 109 cm³/mol. The molecule has 0 spiro atoms. The van der Waals surface area contributed by atoms with Crippen molar-refractivity contribution in [1.29, 1.82) is 0 Å². The molecule has 0 bridgehead atoms. The lowest BCUT2D eigenvalue weighted by atomic mass is 10.2.